The van der Waals surface area contributed by atoms with Gasteiger partial charge in [-0.2, -0.15) is 4.33 Å². The van der Waals surface area contributed by atoms with Gasteiger partial charge in [0.1, 0.15) is 0 Å². The molecule has 0 unspecified atom stereocenters. The number of rotatable bonds is 10. The number of hydrogen-bond donors (Lipinski definition) is 0. The molecule has 2 amide bonds. The van der Waals surface area contributed by atoms with Crippen LogP contribution in [0.5, 0.6) is 0 Å². The van der Waals surface area contributed by atoms with Crippen molar-refractivity contribution >= 4 is 34.0 Å². The zero-order valence-electron chi connectivity index (χ0n) is 13.5. The summed E-state index contributed by atoms with van der Waals surface area (Å²) in [5, 5.41) is 18.8. The van der Waals surface area contributed by atoms with Crippen LogP contribution in [0.15, 0.2) is 0 Å². The molecule has 2 N–H and O–H groups in total. The van der Waals surface area contributed by atoms with Crippen LogP contribution in [-0.2, 0) is 49.5 Å². The molecule has 0 aliphatic heterocycles. The number of carbonyl (C=O) groups is 2. The molecular formula is C8H14N4Na2O8PdS2-4. The number of carbonyl (C=O) groups excluding carboxylic acids is 2. The van der Waals surface area contributed by atoms with E-state index in [4.69, 9.17) is 11.5 Å². The average molecular weight is 511 g/mol. The van der Waals surface area contributed by atoms with Crippen LogP contribution in [0, 0.1) is 0 Å². The van der Waals surface area contributed by atoms with Crippen molar-refractivity contribution in [3.8, 4) is 0 Å². The molecule has 0 aliphatic carbocycles. The van der Waals surface area contributed by atoms with Crippen molar-refractivity contribution in [2.24, 2.45) is 0 Å². The molecule has 0 rings (SSSR count). The van der Waals surface area contributed by atoms with Crippen LogP contribution < -0.4 is 64.4 Å². The summed E-state index contributed by atoms with van der Waals surface area (Å²) < 4.78 is 33.7. The van der Waals surface area contributed by atoms with Gasteiger partial charge in [0.05, 0.1) is 10.1 Å². The van der Waals surface area contributed by atoms with E-state index >= 15 is 0 Å². The molecule has 0 radical (unpaired) electrons. The number of nitrogens with one attached hydrogen (secondary N) is 2. The molecule has 0 aromatic heterocycles. The van der Waals surface area contributed by atoms with Crippen molar-refractivity contribution in [1.82, 2.24) is 0 Å². The normalized spacial score (nSPS) is 9.12. The van der Waals surface area contributed by atoms with Crippen LogP contribution in [0.25, 0.3) is 22.1 Å². The molecule has 0 spiro atoms. The summed E-state index contributed by atoms with van der Waals surface area (Å²) in [4.78, 5) is 20.6. The van der Waals surface area contributed by atoms with E-state index in [1.807, 2.05) is 0 Å². The minimum Gasteiger partial charge on any atom is -0.748 e. The smallest absolute Gasteiger partial charge is 0.748 e. The van der Waals surface area contributed by atoms with E-state index in [1.165, 1.54) is 0 Å². The monoisotopic (exact) mass is 510 g/mol. The first-order valence-corrected chi connectivity index (χ1v) is 7.97. The van der Waals surface area contributed by atoms with Crippen LogP contribution >= 0.6 is 12.0 Å². The van der Waals surface area contributed by atoms with Gasteiger partial charge in [-0.05, 0) is 0 Å². The van der Waals surface area contributed by atoms with Gasteiger partial charge in [0.25, 0.3) is 0 Å². The van der Waals surface area contributed by atoms with Gasteiger partial charge in [-0.15, -0.1) is 26.2 Å². The Morgan fingerprint density at radius 1 is 1.04 bits per heavy atom. The minimum atomic E-state index is -4.29. The van der Waals surface area contributed by atoms with E-state index < -0.39 is 34.2 Å². The van der Waals surface area contributed by atoms with E-state index in [9.17, 15) is 27.8 Å². The first-order valence-electron chi connectivity index (χ1n) is 5.48. The van der Waals surface area contributed by atoms with Crippen LogP contribution in [0.4, 0.5) is 0 Å². The first kappa shape index (κ1) is 37.4. The average Bonchev–Trinajstić information content (AvgIpc) is 2.46. The van der Waals surface area contributed by atoms with Crippen LogP contribution in [0.3, 0.4) is 0 Å². The van der Waals surface area contributed by atoms with Gasteiger partial charge in [-0.1, -0.05) is 0 Å². The van der Waals surface area contributed by atoms with Gasteiger partial charge in [-0.25, -0.2) is 8.42 Å². The zero-order valence-corrected chi connectivity index (χ0v) is 20.7. The second kappa shape index (κ2) is 25.7. The molecular weight excluding hydrogens is 497 g/mol. The topological polar surface area (TPSA) is 209 Å². The summed E-state index contributed by atoms with van der Waals surface area (Å²) in [6.45, 7) is -0.974. The number of nitrogens with zero attached hydrogens (tertiary/aromatic N) is 2. The van der Waals surface area contributed by atoms with Gasteiger partial charge in [0.2, 0.25) is 0 Å². The van der Waals surface area contributed by atoms with Gasteiger partial charge in [0.15, 0.2) is 0 Å². The van der Waals surface area contributed by atoms with E-state index in [1.54, 1.807) is 0 Å². The Morgan fingerprint density at radius 3 is 1.84 bits per heavy atom. The van der Waals surface area contributed by atoms with Crippen molar-refractivity contribution in [3.63, 3.8) is 0 Å². The molecule has 0 aromatic rings. The largest absolute Gasteiger partial charge is 1.00 e. The van der Waals surface area contributed by atoms with Crippen molar-refractivity contribution in [2.75, 3.05) is 37.7 Å². The molecule has 0 aliphatic rings. The minimum absolute atomic E-state index is 0. The van der Waals surface area contributed by atoms with Gasteiger partial charge >= 0.3 is 59.1 Å². The third-order valence-corrected chi connectivity index (χ3v) is 2.65. The van der Waals surface area contributed by atoms with Crippen molar-refractivity contribution in [2.45, 2.75) is 0 Å². The van der Waals surface area contributed by atoms with Crippen molar-refractivity contribution < 1.29 is 117 Å². The molecule has 12 nitrogen and oxygen atoms in total. The first-order chi connectivity index (χ1) is 10.3. The van der Waals surface area contributed by atoms with Crippen molar-refractivity contribution in [1.29, 1.82) is 0 Å². The predicted octanol–water partition coefficient (Wildman–Crippen LogP) is -6.70. The third-order valence-electron chi connectivity index (χ3n) is 1.47. The van der Waals surface area contributed by atoms with Crippen LogP contribution in [0.2, 0.25) is 0 Å². The summed E-state index contributed by atoms with van der Waals surface area (Å²) in [5.41, 5.74) is 13.0. The second-order valence-electron chi connectivity index (χ2n) is 3.12. The number of amides is 2. The molecule has 0 atom stereocenters. The maximum absolute atomic E-state index is 10.3. The Labute approximate surface area is 208 Å². The maximum Gasteiger partial charge on any atom is 1.00 e. The SMILES string of the molecule is [NH-]CC(=O)[N-]CCS(=O)(=O)[O-].[NH-]CC(=O)[N-]CCSOO[O-].[Na+].[Na+].[Pd]. The Hall–Kier alpha value is 1.66. The second-order valence-corrected chi connectivity index (χ2v) is 5.43. The number of hydrogen-bond acceptors (Lipinski definition) is 9. The van der Waals surface area contributed by atoms with E-state index in [2.05, 4.69) is 20.0 Å². The Bertz CT molecular complexity index is 421. The fourth-order valence-electron chi connectivity index (χ4n) is 0.655. The van der Waals surface area contributed by atoms with E-state index in [0.717, 1.165) is 12.0 Å². The Morgan fingerprint density at radius 2 is 1.48 bits per heavy atom. The quantitative estimate of drug-likeness (QED) is 0.0681. The van der Waals surface area contributed by atoms with Gasteiger partial charge in [0, 0.05) is 55.8 Å². The summed E-state index contributed by atoms with van der Waals surface area (Å²) in [6, 6.07) is 0. The molecule has 25 heavy (non-hydrogen) atoms. The van der Waals surface area contributed by atoms with Crippen LogP contribution in [-0.4, -0.2) is 62.5 Å². The molecule has 0 fully saturated rings. The summed E-state index contributed by atoms with van der Waals surface area (Å²) in [6.07, 6.45) is 0. The molecule has 17 heteroatoms. The van der Waals surface area contributed by atoms with Crippen LogP contribution in [0.1, 0.15) is 0 Å². The molecule has 0 aromatic carbocycles. The van der Waals surface area contributed by atoms with Gasteiger partial charge in [-0.3, -0.25) is 5.04 Å². The Kier molecular flexibility index (Phi) is 38.4. The van der Waals surface area contributed by atoms with Crippen molar-refractivity contribution in [3.05, 3.63) is 22.1 Å². The van der Waals surface area contributed by atoms with E-state index in [0.29, 0.717) is 5.75 Å². The zero-order chi connectivity index (χ0) is 17.4. The van der Waals surface area contributed by atoms with Gasteiger partial charge < -0.3 is 41.5 Å². The molecule has 0 saturated carbocycles. The summed E-state index contributed by atoms with van der Waals surface area (Å²) >= 11 is 0.764. The predicted molar refractivity (Wildman–Crippen MR) is 74.0 cm³/mol. The Balaban J connectivity index is -0.0000000952. The molecule has 142 valence electrons. The summed E-state index contributed by atoms with van der Waals surface area (Å²) in [5.74, 6) is -1.52. The van der Waals surface area contributed by atoms with E-state index in [-0.39, 0.29) is 99.2 Å². The molecule has 0 heterocycles. The molecule has 0 bridgehead atoms. The molecule has 0 saturated heterocycles. The summed E-state index contributed by atoms with van der Waals surface area (Å²) in [7, 11) is -4.29. The maximum atomic E-state index is 10.3. The fourth-order valence-corrected chi connectivity index (χ4v) is 1.24. The standard InChI is InChI=1S/2C4H9N2O4S.2Na.Pd/c5-3-4(7)6-1-2-11(8,9)10;5-3-4(7)6-1-2-11-10-9-8;;;/h5H,1-3H2,(H2,6,7,8,9,10);5H,1-3H2,(H2,6,7,8);;;/q2*-1;2*+1;/p-4. The third kappa shape index (κ3) is 37.2. The fraction of sp³-hybridized carbons (Fsp3) is 0.750.